The standard InChI is InChI=1S/C22H21BO2/c1-16-3-9-19(10-4-16)22(20-11-5-17(2)6-12-20)15-18-7-13-21(14-8-18)23(24)25/h3-15,24-25H,1-2H3. The van der Waals surface area contributed by atoms with Crippen LogP contribution in [0.3, 0.4) is 0 Å². The molecule has 0 aliphatic carbocycles. The van der Waals surface area contributed by atoms with Crippen LogP contribution >= 0.6 is 0 Å². The van der Waals surface area contributed by atoms with Crippen LogP contribution in [0.25, 0.3) is 11.6 Å². The molecule has 0 unspecified atom stereocenters. The Kier molecular flexibility index (Phi) is 5.18. The third kappa shape index (κ3) is 4.27. The SMILES string of the molecule is Cc1ccc(C(=Cc2ccc(B(O)O)cc2)c2ccc(C)cc2)cc1. The lowest BCUT2D eigenvalue weighted by Crippen LogP contribution is -2.29. The second kappa shape index (κ2) is 7.52. The lowest BCUT2D eigenvalue weighted by atomic mass is 9.80. The van der Waals surface area contributed by atoms with E-state index >= 15 is 0 Å². The van der Waals surface area contributed by atoms with Gasteiger partial charge in [-0.25, -0.2) is 0 Å². The van der Waals surface area contributed by atoms with Crippen LogP contribution in [0.4, 0.5) is 0 Å². The smallest absolute Gasteiger partial charge is 0.423 e. The molecule has 3 heteroatoms. The summed E-state index contributed by atoms with van der Waals surface area (Å²) in [5.74, 6) is 0. The molecule has 0 bridgehead atoms. The van der Waals surface area contributed by atoms with Crippen molar-refractivity contribution in [2.24, 2.45) is 0 Å². The van der Waals surface area contributed by atoms with Gasteiger partial charge in [0.25, 0.3) is 0 Å². The van der Waals surface area contributed by atoms with Crippen molar-refractivity contribution in [2.75, 3.05) is 0 Å². The van der Waals surface area contributed by atoms with E-state index in [0.717, 1.165) is 22.3 Å². The summed E-state index contributed by atoms with van der Waals surface area (Å²) in [4.78, 5) is 0. The molecule has 0 spiro atoms. The first-order valence-corrected chi connectivity index (χ1v) is 8.35. The largest absolute Gasteiger partial charge is 0.488 e. The summed E-state index contributed by atoms with van der Waals surface area (Å²) in [5, 5.41) is 18.5. The van der Waals surface area contributed by atoms with Gasteiger partial charge in [0.2, 0.25) is 0 Å². The van der Waals surface area contributed by atoms with Gasteiger partial charge in [0, 0.05) is 0 Å². The van der Waals surface area contributed by atoms with Gasteiger partial charge < -0.3 is 10.0 Å². The average molecular weight is 328 g/mol. The highest BCUT2D eigenvalue weighted by molar-refractivity contribution is 6.58. The Hall–Kier alpha value is -2.62. The Morgan fingerprint density at radius 1 is 0.680 bits per heavy atom. The molecule has 124 valence electrons. The fourth-order valence-corrected chi connectivity index (χ4v) is 2.73. The van der Waals surface area contributed by atoms with Crippen LogP contribution in [-0.4, -0.2) is 17.2 Å². The molecule has 0 saturated heterocycles. The zero-order valence-electron chi connectivity index (χ0n) is 14.5. The molecular weight excluding hydrogens is 307 g/mol. The monoisotopic (exact) mass is 328 g/mol. The van der Waals surface area contributed by atoms with Gasteiger partial charge in [0.15, 0.2) is 0 Å². The Morgan fingerprint density at radius 2 is 1.12 bits per heavy atom. The summed E-state index contributed by atoms with van der Waals surface area (Å²) < 4.78 is 0. The Balaban J connectivity index is 2.06. The van der Waals surface area contributed by atoms with Crippen LogP contribution in [-0.2, 0) is 0 Å². The number of hydrogen-bond donors (Lipinski definition) is 2. The maximum atomic E-state index is 9.24. The first kappa shape index (κ1) is 17.2. The quantitative estimate of drug-likeness (QED) is 0.568. The van der Waals surface area contributed by atoms with Gasteiger partial charge in [0.1, 0.15) is 0 Å². The van der Waals surface area contributed by atoms with E-state index in [-0.39, 0.29) is 0 Å². The predicted molar refractivity (Wildman–Crippen MR) is 106 cm³/mol. The predicted octanol–water partition coefficient (Wildman–Crippen LogP) is 3.57. The highest BCUT2D eigenvalue weighted by Crippen LogP contribution is 2.26. The lowest BCUT2D eigenvalue weighted by Gasteiger charge is -2.10. The van der Waals surface area contributed by atoms with Crippen molar-refractivity contribution in [3.05, 3.63) is 101 Å². The second-order valence-corrected chi connectivity index (χ2v) is 6.33. The maximum absolute atomic E-state index is 9.24. The first-order valence-electron chi connectivity index (χ1n) is 8.35. The van der Waals surface area contributed by atoms with Gasteiger partial charge in [0.05, 0.1) is 0 Å². The molecule has 3 aromatic carbocycles. The van der Waals surface area contributed by atoms with E-state index in [9.17, 15) is 10.0 Å². The number of rotatable bonds is 4. The molecule has 0 aliphatic rings. The lowest BCUT2D eigenvalue weighted by molar-refractivity contribution is 0.426. The third-order valence-electron chi connectivity index (χ3n) is 4.27. The van der Waals surface area contributed by atoms with Crippen molar-refractivity contribution < 1.29 is 10.0 Å². The summed E-state index contributed by atoms with van der Waals surface area (Å²) in [5.41, 5.74) is 7.41. The number of benzene rings is 3. The molecule has 0 heterocycles. The zero-order valence-corrected chi connectivity index (χ0v) is 14.5. The maximum Gasteiger partial charge on any atom is 0.488 e. The molecular formula is C22H21BO2. The average Bonchev–Trinajstić information content (AvgIpc) is 2.62. The molecule has 0 aliphatic heterocycles. The van der Waals surface area contributed by atoms with E-state index in [1.807, 2.05) is 12.1 Å². The van der Waals surface area contributed by atoms with Gasteiger partial charge in [-0.2, -0.15) is 0 Å². The molecule has 0 radical (unpaired) electrons. The van der Waals surface area contributed by atoms with Crippen LogP contribution in [0.2, 0.25) is 0 Å². The third-order valence-corrected chi connectivity index (χ3v) is 4.27. The van der Waals surface area contributed by atoms with E-state index in [4.69, 9.17) is 0 Å². The summed E-state index contributed by atoms with van der Waals surface area (Å²) in [6, 6.07) is 24.3. The van der Waals surface area contributed by atoms with Crippen LogP contribution < -0.4 is 5.46 Å². The van der Waals surface area contributed by atoms with Crippen LogP contribution in [0.15, 0.2) is 72.8 Å². The summed E-state index contributed by atoms with van der Waals surface area (Å²) in [7, 11) is -1.44. The molecule has 25 heavy (non-hydrogen) atoms. The fraction of sp³-hybridized carbons (Fsp3) is 0.0909. The van der Waals surface area contributed by atoms with Gasteiger partial charge in [-0.1, -0.05) is 83.9 Å². The summed E-state index contributed by atoms with van der Waals surface area (Å²) >= 11 is 0. The summed E-state index contributed by atoms with van der Waals surface area (Å²) in [6.45, 7) is 4.16. The topological polar surface area (TPSA) is 40.5 Å². The molecule has 0 atom stereocenters. The molecule has 0 saturated carbocycles. The van der Waals surface area contributed by atoms with Crippen molar-refractivity contribution in [2.45, 2.75) is 13.8 Å². The van der Waals surface area contributed by atoms with E-state index in [0.29, 0.717) is 5.46 Å². The van der Waals surface area contributed by atoms with Gasteiger partial charge >= 0.3 is 7.12 Å². The van der Waals surface area contributed by atoms with E-state index < -0.39 is 7.12 Å². The minimum absolute atomic E-state index is 0.490. The molecule has 0 aromatic heterocycles. The Bertz CT molecular complexity index is 814. The van der Waals surface area contributed by atoms with Crippen molar-refractivity contribution in [1.29, 1.82) is 0 Å². The van der Waals surface area contributed by atoms with Crippen molar-refractivity contribution in [3.8, 4) is 0 Å². The molecule has 2 N–H and O–H groups in total. The van der Waals surface area contributed by atoms with Crippen LogP contribution in [0.5, 0.6) is 0 Å². The minimum Gasteiger partial charge on any atom is -0.423 e. The highest BCUT2D eigenvalue weighted by Gasteiger charge is 2.10. The molecule has 2 nitrogen and oxygen atoms in total. The van der Waals surface area contributed by atoms with Crippen molar-refractivity contribution in [1.82, 2.24) is 0 Å². The van der Waals surface area contributed by atoms with Gasteiger partial charge in [-0.3, -0.25) is 0 Å². The molecule has 3 rings (SSSR count). The van der Waals surface area contributed by atoms with Crippen molar-refractivity contribution in [3.63, 3.8) is 0 Å². The Labute approximate surface area is 149 Å². The van der Waals surface area contributed by atoms with E-state index in [2.05, 4.69) is 68.5 Å². The van der Waals surface area contributed by atoms with Crippen LogP contribution in [0.1, 0.15) is 27.8 Å². The normalized spacial score (nSPS) is 10.4. The zero-order chi connectivity index (χ0) is 17.8. The fourth-order valence-electron chi connectivity index (χ4n) is 2.73. The Morgan fingerprint density at radius 3 is 1.52 bits per heavy atom. The van der Waals surface area contributed by atoms with E-state index in [1.165, 1.54) is 11.1 Å². The number of aryl methyl sites for hydroxylation is 2. The van der Waals surface area contributed by atoms with Gasteiger partial charge in [-0.05, 0) is 47.6 Å². The molecule has 3 aromatic rings. The van der Waals surface area contributed by atoms with Crippen LogP contribution in [0, 0.1) is 13.8 Å². The van der Waals surface area contributed by atoms with Gasteiger partial charge in [-0.15, -0.1) is 0 Å². The first-order chi connectivity index (χ1) is 12.0. The molecule has 0 fully saturated rings. The number of hydrogen-bond acceptors (Lipinski definition) is 2. The molecule has 0 amide bonds. The van der Waals surface area contributed by atoms with E-state index in [1.54, 1.807) is 12.1 Å². The van der Waals surface area contributed by atoms with Crippen molar-refractivity contribution >= 4 is 24.2 Å². The second-order valence-electron chi connectivity index (χ2n) is 6.33. The summed E-state index contributed by atoms with van der Waals surface area (Å²) in [6.07, 6.45) is 2.13. The highest BCUT2D eigenvalue weighted by atomic mass is 16.4. The minimum atomic E-state index is -1.44.